The first-order valence-corrected chi connectivity index (χ1v) is 14.6. The second kappa shape index (κ2) is 10.9. The molecular weight excluding hydrogens is 578 g/mol. The van der Waals surface area contributed by atoms with Crippen LogP contribution < -0.4 is 19.8 Å². The first-order chi connectivity index (χ1) is 20.6. The fourth-order valence-electron chi connectivity index (χ4n) is 6.89. The van der Waals surface area contributed by atoms with Crippen molar-refractivity contribution in [3.05, 3.63) is 62.2 Å². The number of fused-ring (bicyclic) bond motifs is 5. The summed E-state index contributed by atoms with van der Waals surface area (Å²) in [5.41, 5.74) is -1.03. The highest BCUT2D eigenvalue weighted by atomic mass is 35.5. The molecular formula is C31H32ClN3O8. The topological polar surface area (TPSA) is 137 Å². The van der Waals surface area contributed by atoms with Crippen molar-refractivity contribution >= 4 is 35.3 Å². The number of aliphatic hydroxyl groups is 1. The number of carbonyl (C=O) groups excluding carboxylic acids is 3. The Morgan fingerprint density at radius 1 is 1.19 bits per heavy atom. The molecule has 6 rings (SSSR count). The predicted octanol–water partition coefficient (Wildman–Crippen LogP) is 3.36. The van der Waals surface area contributed by atoms with Gasteiger partial charge in [0.15, 0.2) is 17.3 Å². The second-order valence-corrected chi connectivity index (χ2v) is 11.9. The number of nitrogens with zero attached hydrogens (tertiary/aromatic N) is 3. The van der Waals surface area contributed by atoms with Gasteiger partial charge < -0.3 is 28.8 Å². The van der Waals surface area contributed by atoms with Crippen LogP contribution in [0.5, 0.6) is 17.2 Å². The summed E-state index contributed by atoms with van der Waals surface area (Å²) < 4.78 is 18.6. The van der Waals surface area contributed by atoms with Crippen molar-refractivity contribution in [1.82, 2.24) is 9.47 Å². The van der Waals surface area contributed by atoms with Gasteiger partial charge in [0.2, 0.25) is 17.3 Å². The highest BCUT2D eigenvalue weighted by Gasteiger charge is 2.60. The van der Waals surface area contributed by atoms with Gasteiger partial charge in [0, 0.05) is 74.9 Å². The van der Waals surface area contributed by atoms with Crippen LogP contribution in [0.25, 0.3) is 0 Å². The Hall–Kier alpha value is -4.12. The molecule has 1 spiro atoms. The lowest BCUT2D eigenvalue weighted by Gasteiger charge is -2.42. The van der Waals surface area contributed by atoms with Gasteiger partial charge in [-0.3, -0.25) is 24.2 Å². The molecule has 1 aromatic carbocycles. The van der Waals surface area contributed by atoms with Crippen molar-refractivity contribution in [1.29, 1.82) is 0 Å². The van der Waals surface area contributed by atoms with Gasteiger partial charge in [0.1, 0.15) is 22.1 Å². The number of amides is 1. The zero-order chi connectivity index (χ0) is 30.6. The van der Waals surface area contributed by atoms with Crippen LogP contribution in [0.1, 0.15) is 48.2 Å². The van der Waals surface area contributed by atoms with Crippen LogP contribution in [0.3, 0.4) is 0 Å². The van der Waals surface area contributed by atoms with E-state index in [2.05, 4.69) is 4.99 Å². The molecule has 3 aliphatic heterocycles. The first kappa shape index (κ1) is 29.0. The number of likely N-dealkylation sites (tertiary alicyclic amines) is 1. The van der Waals surface area contributed by atoms with E-state index in [1.807, 2.05) is 15.5 Å². The van der Waals surface area contributed by atoms with Crippen LogP contribution in [-0.2, 0) is 16.1 Å². The summed E-state index contributed by atoms with van der Waals surface area (Å²) >= 11 is 6.47. The summed E-state index contributed by atoms with van der Waals surface area (Å²) in [7, 11) is 2.80. The zero-order valence-corrected chi connectivity index (χ0v) is 24.8. The van der Waals surface area contributed by atoms with Gasteiger partial charge >= 0.3 is 0 Å². The number of aliphatic hydroxyl groups excluding tert-OH is 1. The summed E-state index contributed by atoms with van der Waals surface area (Å²) in [6.45, 7) is 3.42. The second-order valence-electron chi connectivity index (χ2n) is 11.5. The fourth-order valence-corrected chi connectivity index (χ4v) is 7.15. The van der Waals surface area contributed by atoms with E-state index in [-0.39, 0.29) is 76.1 Å². The average molecular weight is 610 g/mol. The summed E-state index contributed by atoms with van der Waals surface area (Å²) in [6.07, 6.45) is 2.18. The molecule has 2 aromatic rings. The number of aliphatic imine (C=N–C) groups is 1. The number of aromatic nitrogens is 1. The minimum atomic E-state index is -1.89. The predicted molar refractivity (Wildman–Crippen MR) is 157 cm³/mol. The standard InChI is InChI=1S/C31H32ClN3O8/c1-16-9-21(36)19(29(39)31(16)30(40)26-22(41-2)11-23(42-3)27(32)28(26)43-31)12-33-8-7-24(37)34-13-17-10-18(15-34)20-5-4-6-25(38)35(20)14-17/h4-6,11-12,16-18,39H,7-10,13-15H2,1-3H3. The van der Waals surface area contributed by atoms with E-state index in [1.165, 1.54) is 26.5 Å². The Morgan fingerprint density at radius 3 is 2.70 bits per heavy atom. The summed E-state index contributed by atoms with van der Waals surface area (Å²) in [5.74, 6) is -1.60. The number of piperidine rings is 1. The molecule has 43 heavy (non-hydrogen) atoms. The van der Waals surface area contributed by atoms with E-state index >= 15 is 0 Å². The summed E-state index contributed by atoms with van der Waals surface area (Å²) in [6, 6.07) is 6.74. The molecule has 12 heteroatoms. The van der Waals surface area contributed by atoms with Gasteiger partial charge in [-0.2, -0.15) is 0 Å². The number of rotatable bonds is 6. The van der Waals surface area contributed by atoms with E-state index in [0.717, 1.165) is 12.1 Å². The molecule has 1 fully saturated rings. The number of carbonyl (C=O) groups is 3. The van der Waals surface area contributed by atoms with E-state index < -0.39 is 28.8 Å². The fraction of sp³-hybridized carbons (Fsp3) is 0.452. The maximum absolute atomic E-state index is 13.8. The smallest absolute Gasteiger partial charge is 0.250 e. The number of allylic oxidation sites excluding steroid dienone is 1. The minimum absolute atomic E-state index is 0.0105. The lowest BCUT2D eigenvalue weighted by molar-refractivity contribution is -0.133. The normalized spacial score (nSPS) is 26.0. The molecule has 4 atom stereocenters. The summed E-state index contributed by atoms with van der Waals surface area (Å²) in [5, 5.41) is 11.4. The lowest BCUT2D eigenvalue weighted by atomic mass is 9.73. The van der Waals surface area contributed by atoms with Gasteiger partial charge in [0.05, 0.1) is 19.8 Å². The molecule has 4 aliphatic rings. The van der Waals surface area contributed by atoms with Crippen molar-refractivity contribution < 1.29 is 33.7 Å². The number of methoxy groups -OCH3 is 2. The number of halogens is 1. The molecule has 1 amide bonds. The van der Waals surface area contributed by atoms with Crippen LogP contribution in [0, 0.1) is 11.8 Å². The van der Waals surface area contributed by atoms with E-state index in [1.54, 1.807) is 19.1 Å². The van der Waals surface area contributed by atoms with Gasteiger partial charge in [-0.1, -0.05) is 24.6 Å². The van der Waals surface area contributed by atoms with Crippen LogP contribution in [-0.4, -0.2) is 77.7 Å². The van der Waals surface area contributed by atoms with E-state index in [9.17, 15) is 24.3 Å². The molecule has 0 radical (unpaired) electrons. The average Bonchev–Trinajstić information content (AvgIpc) is 3.31. The number of Topliss-reactive ketones (excluding diaryl/α,β-unsaturated/α-hetero) is 2. The van der Waals surface area contributed by atoms with Crippen LogP contribution >= 0.6 is 11.6 Å². The number of hydrogen-bond acceptors (Lipinski definition) is 9. The third-order valence-electron chi connectivity index (χ3n) is 9.02. The molecule has 1 aliphatic carbocycles. The quantitative estimate of drug-likeness (QED) is 0.492. The molecule has 1 N–H and O–H groups in total. The third kappa shape index (κ3) is 4.52. The van der Waals surface area contributed by atoms with E-state index in [4.69, 9.17) is 25.8 Å². The maximum Gasteiger partial charge on any atom is 0.250 e. The highest BCUT2D eigenvalue weighted by Crippen LogP contribution is 2.54. The molecule has 4 heterocycles. The van der Waals surface area contributed by atoms with Crippen molar-refractivity contribution in [2.45, 2.75) is 44.2 Å². The van der Waals surface area contributed by atoms with Gasteiger partial charge in [-0.15, -0.1) is 0 Å². The molecule has 226 valence electrons. The number of ether oxygens (including phenoxy) is 3. The first-order valence-electron chi connectivity index (χ1n) is 14.2. The van der Waals surface area contributed by atoms with Gasteiger partial charge in [-0.05, 0) is 18.4 Å². The van der Waals surface area contributed by atoms with Crippen LogP contribution in [0.2, 0.25) is 5.02 Å². The Labute approximate surface area is 252 Å². The Bertz CT molecular complexity index is 1660. The van der Waals surface area contributed by atoms with Gasteiger partial charge in [0.25, 0.3) is 5.56 Å². The number of hydrogen-bond donors (Lipinski definition) is 1. The summed E-state index contributed by atoms with van der Waals surface area (Å²) in [4.78, 5) is 58.3. The molecule has 11 nitrogen and oxygen atoms in total. The lowest BCUT2D eigenvalue weighted by Crippen LogP contribution is -2.52. The number of benzene rings is 1. The van der Waals surface area contributed by atoms with Crippen molar-refractivity contribution in [3.63, 3.8) is 0 Å². The minimum Gasteiger partial charge on any atom is -0.507 e. The Morgan fingerprint density at radius 2 is 1.95 bits per heavy atom. The molecule has 2 bridgehead atoms. The third-order valence-corrected chi connectivity index (χ3v) is 9.38. The SMILES string of the molecule is COc1cc(OC)c2c(c1Cl)OC1(C2=O)C(O)=C(C=NCCC(=O)N2CC3CC(C2)c2cccc(=O)n2C3)C(=O)CC1C. The van der Waals surface area contributed by atoms with Crippen molar-refractivity contribution in [3.8, 4) is 17.2 Å². The number of ketones is 2. The van der Waals surface area contributed by atoms with E-state index in [0.29, 0.717) is 19.6 Å². The Kier molecular flexibility index (Phi) is 7.32. The molecule has 0 saturated carbocycles. The molecule has 1 saturated heterocycles. The van der Waals surface area contributed by atoms with Gasteiger partial charge in [-0.25, -0.2) is 0 Å². The highest BCUT2D eigenvalue weighted by molar-refractivity contribution is 6.35. The molecule has 4 unspecified atom stereocenters. The van der Waals surface area contributed by atoms with Crippen LogP contribution in [0.15, 0.2) is 45.4 Å². The Balaban J connectivity index is 1.19. The van der Waals surface area contributed by atoms with Crippen LogP contribution in [0.4, 0.5) is 0 Å². The maximum atomic E-state index is 13.8. The molecule has 1 aromatic heterocycles. The zero-order valence-electron chi connectivity index (χ0n) is 24.1. The largest absolute Gasteiger partial charge is 0.507 e. The monoisotopic (exact) mass is 609 g/mol. The van der Waals surface area contributed by atoms with Crippen molar-refractivity contribution in [2.24, 2.45) is 16.8 Å². The van der Waals surface area contributed by atoms with Crippen molar-refractivity contribution in [2.75, 3.05) is 33.9 Å². The number of pyridine rings is 1.